The molecule has 0 fully saturated rings. The van der Waals surface area contributed by atoms with Crippen molar-refractivity contribution in [2.45, 2.75) is 114 Å². The number of nitrogens with zero attached hydrogens (tertiary/aromatic N) is 4. The van der Waals surface area contributed by atoms with Gasteiger partial charge >= 0.3 is 18.2 Å². The molecule has 356 valence electrons. The van der Waals surface area contributed by atoms with E-state index >= 15 is 0 Å². The van der Waals surface area contributed by atoms with Crippen LogP contribution in [-0.4, -0.2) is 73.1 Å². The van der Waals surface area contributed by atoms with Gasteiger partial charge in [-0.05, 0) is 100 Å². The summed E-state index contributed by atoms with van der Waals surface area (Å²) in [5, 5.41) is 9.50. The molecule has 0 atom stereocenters. The van der Waals surface area contributed by atoms with E-state index in [2.05, 4.69) is 60.2 Å². The summed E-state index contributed by atoms with van der Waals surface area (Å²) < 4.78 is 10.8. The molecule has 2 aliphatic rings. The molecule has 3 N–H and O–H groups in total. The molecule has 2 amide bonds. The third-order valence-electron chi connectivity index (χ3n) is 10.5. The van der Waals surface area contributed by atoms with Crippen molar-refractivity contribution < 1.29 is 33.8 Å². The molecule has 4 aromatic carbocycles. The number of fused-ring (bicyclic) bond motifs is 2. The van der Waals surface area contributed by atoms with Gasteiger partial charge in [-0.2, -0.15) is 0 Å². The summed E-state index contributed by atoms with van der Waals surface area (Å²) in [6.07, 6.45) is 0.828. The molecule has 0 unspecified atom stereocenters. The fourth-order valence-corrected chi connectivity index (χ4v) is 9.23. The SMILES string of the molecule is C.C.CC(C)(C)OC(=O)N1CCc2nc(C(=O)O)sc2C1.Cc1c(CC(=O)c2nc3c(s2)CN(C(=O)OC(C)(C)C)CC3)cccc1-c1ccccc1.Cc1c(N)cccc1-c1ccccc1. The van der Waals surface area contributed by atoms with Crippen molar-refractivity contribution in [3.05, 3.63) is 145 Å². The first-order valence-electron chi connectivity index (χ1n) is 21.5. The molecule has 0 saturated carbocycles. The molecule has 0 radical (unpaired) electrons. The standard InChI is InChI=1S/C26H28N2O3S.C13H13N.C12H16N2O4S.2CH4/c1-17-19(11-8-12-20(17)18-9-6-5-7-10-18)15-22(29)24-27-21-13-14-28(16-23(21)32-24)25(30)31-26(2,3)4;1-10-12(8-5-9-13(10)14)11-6-3-2-4-7-11;1-12(2,3)18-11(17)14-5-4-7-8(6-14)19-9(13-7)10(15)16;;/h5-12H,13-16H2,1-4H3;2-9H,14H2,1H3;4-6H2,1-3H3,(H,15,16);2*1H4. The zero-order valence-corrected chi connectivity index (χ0v) is 39.9. The first kappa shape index (κ1) is 53.2. The Morgan fingerprint density at radius 3 is 1.52 bits per heavy atom. The van der Waals surface area contributed by atoms with Crippen molar-refractivity contribution in [2.75, 3.05) is 18.8 Å². The number of nitrogen functional groups attached to an aromatic ring is 1. The Labute approximate surface area is 403 Å². The van der Waals surface area contributed by atoms with Crippen molar-refractivity contribution in [2.24, 2.45) is 0 Å². The molecule has 2 aliphatic heterocycles. The lowest BCUT2D eigenvalue weighted by molar-refractivity contribution is 0.0215. The van der Waals surface area contributed by atoms with Crippen molar-refractivity contribution in [3.63, 3.8) is 0 Å². The van der Waals surface area contributed by atoms with Crippen LogP contribution in [0.3, 0.4) is 0 Å². The molecule has 0 aliphatic carbocycles. The minimum Gasteiger partial charge on any atom is -0.476 e. The predicted molar refractivity (Wildman–Crippen MR) is 271 cm³/mol. The molecule has 0 saturated heterocycles. The van der Waals surface area contributed by atoms with E-state index in [4.69, 9.17) is 20.3 Å². The normalized spacial score (nSPS) is 12.8. The Kier molecular flexibility index (Phi) is 18.2. The molecule has 0 bridgehead atoms. The van der Waals surface area contributed by atoms with Crippen molar-refractivity contribution >= 4 is 52.3 Å². The van der Waals surface area contributed by atoms with Gasteiger partial charge in [0.25, 0.3) is 0 Å². The van der Waals surface area contributed by atoms with Gasteiger partial charge in [-0.25, -0.2) is 24.4 Å². The predicted octanol–water partition coefficient (Wildman–Crippen LogP) is 12.5. The zero-order chi connectivity index (χ0) is 47.1. The molecule has 4 heterocycles. The Bertz CT molecular complexity index is 2650. The quantitative estimate of drug-likeness (QED) is 0.121. The summed E-state index contributed by atoms with van der Waals surface area (Å²) in [7, 11) is 0. The second kappa shape index (κ2) is 22.9. The minimum atomic E-state index is -1.02. The van der Waals surface area contributed by atoms with E-state index in [-0.39, 0.29) is 37.8 Å². The topological polar surface area (TPSA) is 165 Å². The van der Waals surface area contributed by atoms with Gasteiger partial charge in [-0.3, -0.25) is 4.79 Å². The molecular weight excluding hydrogens is 883 g/mol. The summed E-state index contributed by atoms with van der Waals surface area (Å²) in [6, 6.07) is 32.6. The summed E-state index contributed by atoms with van der Waals surface area (Å²) in [4.78, 5) is 62.0. The molecule has 67 heavy (non-hydrogen) atoms. The Hall–Kier alpha value is -6.38. The lowest BCUT2D eigenvalue weighted by Gasteiger charge is -2.29. The lowest BCUT2D eigenvalue weighted by Crippen LogP contribution is -2.39. The smallest absolute Gasteiger partial charge is 0.410 e. The zero-order valence-electron chi connectivity index (χ0n) is 38.3. The van der Waals surface area contributed by atoms with E-state index in [1.165, 1.54) is 22.5 Å². The number of thiazole rings is 2. The minimum absolute atomic E-state index is 0. The van der Waals surface area contributed by atoms with E-state index < -0.39 is 17.2 Å². The summed E-state index contributed by atoms with van der Waals surface area (Å²) in [5.41, 5.74) is 15.4. The largest absolute Gasteiger partial charge is 0.476 e. The highest BCUT2D eigenvalue weighted by Gasteiger charge is 2.30. The van der Waals surface area contributed by atoms with Crippen LogP contribution in [0.4, 0.5) is 15.3 Å². The molecule has 0 spiro atoms. The number of carboxylic acid groups (broad SMARTS) is 1. The number of Topliss-reactive ketones (excluding diaryl/α,β-unsaturated/α-hetero) is 1. The van der Waals surface area contributed by atoms with Gasteiger partial charge in [-0.1, -0.05) is 106 Å². The van der Waals surface area contributed by atoms with E-state index in [1.807, 2.05) is 102 Å². The van der Waals surface area contributed by atoms with Crippen LogP contribution in [-0.2, 0) is 41.8 Å². The van der Waals surface area contributed by atoms with E-state index in [0.717, 1.165) is 66.0 Å². The van der Waals surface area contributed by atoms with Gasteiger partial charge in [0.05, 0.1) is 24.5 Å². The van der Waals surface area contributed by atoms with E-state index in [0.29, 0.717) is 50.4 Å². The molecule has 2 aromatic heterocycles. The Morgan fingerprint density at radius 2 is 1.06 bits per heavy atom. The summed E-state index contributed by atoms with van der Waals surface area (Å²) >= 11 is 2.52. The fraction of sp³-hybridized carbons (Fsp3) is 0.358. The van der Waals surface area contributed by atoms with Crippen LogP contribution in [0.5, 0.6) is 0 Å². The van der Waals surface area contributed by atoms with E-state index in [9.17, 15) is 19.2 Å². The third kappa shape index (κ3) is 14.3. The number of amides is 2. The maximum absolute atomic E-state index is 13.1. The number of carboxylic acids is 1. The van der Waals surface area contributed by atoms with Crippen molar-refractivity contribution in [1.29, 1.82) is 0 Å². The highest BCUT2D eigenvalue weighted by Crippen LogP contribution is 2.31. The van der Waals surface area contributed by atoms with Crippen LogP contribution < -0.4 is 5.73 Å². The first-order chi connectivity index (χ1) is 30.8. The number of carbonyl (C=O) groups excluding carboxylic acids is 3. The van der Waals surface area contributed by atoms with Crippen LogP contribution in [0.25, 0.3) is 22.3 Å². The molecule has 8 rings (SSSR count). The van der Waals surface area contributed by atoms with Crippen molar-refractivity contribution in [3.8, 4) is 22.3 Å². The number of hydrogen-bond acceptors (Lipinski definition) is 11. The highest BCUT2D eigenvalue weighted by molar-refractivity contribution is 7.14. The molecular formula is C53H65N5O7S2. The number of hydrogen-bond donors (Lipinski definition) is 2. The van der Waals surface area contributed by atoms with Gasteiger partial charge < -0.3 is 30.1 Å². The average molecular weight is 948 g/mol. The Morgan fingerprint density at radius 1 is 0.627 bits per heavy atom. The van der Waals surface area contributed by atoms with Gasteiger partial charge in [0, 0.05) is 47.8 Å². The van der Waals surface area contributed by atoms with Crippen LogP contribution >= 0.6 is 22.7 Å². The average Bonchev–Trinajstić information content (AvgIpc) is 3.90. The maximum Gasteiger partial charge on any atom is 0.410 e. The van der Waals surface area contributed by atoms with Gasteiger partial charge in [0.1, 0.15) is 11.2 Å². The summed E-state index contributed by atoms with van der Waals surface area (Å²) in [6.45, 7) is 17.0. The third-order valence-corrected chi connectivity index (χ3v) is 12.7. The van der Waals surface area contributed by atoms with E-state index in [1.54, 1.807) is 9.80 Å². The number of aromatic nitrogens is 2. The number of anilines is 1. The molecule has 6 aromatic rings. The van der Waals surface area contributed by atoms with Gasteiger partial charge in [-0.15, -0.1) is 22.7 Å². The monoisotopic (exact) mass is 947 g/mol. The van der Waals surface area contributed by atoms with Crippen LogP contribution in [0.2, 0.25) is 0 Å². The second-order valence-corrected chi connectivity index (χ2v) is 20.0. The van der Waals surface area contributed by atoms with Crippen LogP contribution in [0.15, 0.2) is 97.1 Å². The lowest BCUT2D eigenvalue weighted by atomic mass is 9.94. The van der Waals surface area contributed by atoms with Crippen LogP contribution in [0.1, 0.15) is 114 Å². The number of ketones is 1. The molecule has 12 nitrogen and oxygen atoms in total. The maximum atomic E-state index is 13.1. The number of ether oxygens (including phenoxy) is 2. The van der Waals surface area contributed by atoms with Crippen molar-refractivity contribution in [1.82, 2.24) is 19.8 Å². The fourth-order valence-electron chi connectivity index (χ4n) is 7.20. The Balaban J connectivity index is 0.000000238. The first-order valence-corrected chi connectivity index (χ1v) is 23.1. The molecule has 14 heteroatoms. The van der Waals surface area contributed by atoms with Gasteiger partial charge in [0.15, 0.2) is 10.8 Å². The second-order valence-electron chi connectivity index (χ2n) is 17.8. The number of nitrogens with two attached hydrogens (primary N) is 1. The number of aromatic carboxylic acids is 1. The number of benzene rings is 4. The highest BCUT2D eigenvalue weighted by atomic mass is 32.1. The van der Waals surface area contributed by atoms with Gasteiger partial charge in [0.2, 0.25) is 5.01 Å². The summed E-state index contributed by atoms with van der Waals surface area (Å²) in [5.74, 6) is -1.01. The number of rotatable bonds is 6. The van der Waals surface area contributed by atoms with Crippen LogP contribution in [0, 0.1) is 13.8 Å². The number of carbonyl (C=O) groups is 4.